The largest absolute Gasteiger partial charge is 0.512 e. The van der Waals surface area contributed by atoms with Crippen molar-refractivity contribution in [2.24, 2.45) is 0 Å². The molecule has 0 saturated carbocycles. The lowest BCUT2D eigenvalue weighted by atomic mass is 10.4. The van der Waals surface area contributed by atoms with E-state index in [0.717, 1.165) is 0 Å². The summed E-state index contributed by atoms with van der Waals surface area (Å²) >= 11 is 0. The van der Waals surface area contributed by atoms with Gasteiger partial charge in [-0.3, -0.25) is 4.79 Å². The topological polar surface area (TPSA) is 88.5 Å². The Balaban J connectivity index is 2.64. The van der Waals surface area contributed by atoms with Crippen LogP contribution in [0.3, 0.4) is 0 Å². The molecule has 1 amide bonds. The Kier molecular flexibility index (Phi) is 3.61. The van der Waals surface area contributed by atoms with Gasteiger partial charge in [-0.1, -0.05) is 6.92 Å². The lowest BCUT2D eigenvalue weighted by Crippen LogP contribution is -2.10. The van der Waals surface area contributed by atoms with Gasteiger partial charge in [0, 0.05) is 12.5 Å². The number of rotatable bonds is 3. The van der Waals surface area contributed by atoms with E-state index in [-0.39, 0.29) is 11.8 Å². The van der Waals surface area contributed by atoms with E-state index in [0.29, 0.717) is 12.1 Å². The van der Waals surface area contributed by atoms with Crippen molar-refractivity contribution >= 4 is 17.7 Å². The predicted molar refractivity (Wildman–Crippen MR) is 51.8 cm³/mol. The quantitative estimate of drug-likeness (QED) is 0.738. The first-order valence-corrected chi connectivity index (χ1v) is 4.28. The maximum absolute atomic E-state index is 11.0. The van der Waals surface area contributed by atoms with Crippen molar-refractivity contribution in [3.8, 4) is 5.88 Å². The molecule has 0 radical (unpaired) electrons. The molecule has 80 valence electrons. The first kappa shape index (κ1) is 11.0. The predicted octanol–water partition coefficient (Wildman–Crippen LogP) is 1.49. The van der Waals surface area contributed by atoms with Gasteiger partial charge in [0.2, 0.25) is 11.8 Å². The number of carbonyl (C=O) groups is 2. The summed E-state index contributed by atoms with van der Waals surface area (Å²) in [6.07, 6.45) is 0.270. The number of nitrogens with zero attached hydrogens (tertiary/aromatic N) is 1. The second kappa shape index (κ2) is 4.94. The number of carbonyl (C=O) groups excluding carboxylic acids is 1. The summed E-state index contributed by atoms with van der Waals surface area (Å²) in [6, 6.07) is 2.87. The lowest BCUT2D eigenvalue weighted by Gasteiger charge is -2.03. The standard InChI is InChI=1S/C9H10N2O4/c1-2-7(12)11-6-3-4-8(10-5-6)15-9(13)14/h3-5H,2H2,1H3,(H,11,12)(H,13,14). The van der Waals surface area contributed by atoms with Gasteiger partial charge in [-0.2, -0.15) is 0 Å². The van der Waals surface area contributed by atoms with Gasteiger partial charge in [-0.05, 0) is 6.07 Å². The van der Waals surface area contributed by atoms with Crippen molar-refractivity contribution in [1.82, 2.24) is 4.98 Å². The second-order valence-corrected chi connectivity index (χ2v) is 2.65. The zero-order valence-electron chi connectivity index (χ0n) is 8.06. The highest BCUT2D eigenvalue weighted by Gasteiger charge is 2.03. The number of pyridine rings is 1. The highest BCUT2D eigenvalue weighted by Crippen LogP contribution is 2.11. The molecule has 1 rings (SSSR count). The van der Waals surface area contributed by atoms with E-state index in [2.05, 4.69) is 15.0 Å². The molecule has 6 nitrogen and oxygen atoms in total. The highest BCUT2D eigenvalue weighted by atomic mass is 16.7. The third-order valence-corrected chi connectivity index (χ3v) is 1.53. The van der Waals surface area contributed by atoms with E-state index < -0.39 is 6.16 Å². The Morgan fingerprint density at radius 3 is 2.73 bits per heavy atom. The molecule has 1 aromatic rings. The van der Waals surface area contributed by atoms with E-state index in [1.165, 1.54) is 18.3 Å². The minimum atomic E-state index is -1.42. The molecule has 0 atom stereocenters. The maximum Gasteiger partial charge on any atom is 0.512 e. The summed E-state index contributed by atoms with van der Waals surface area (Å²) in [4.78, 5) is 24.8. The first-order valence-electron chi connectivity index (χ1n) is 4.28. The van der Waals surface area contributed by atoms with E-state index in [9.17, 15) is 9.59 Å². The first-order chi connectivity index (χ1) is 7.11. The number of anilines is 1. The Labute approximate surface area is 85.9 Å². The maximum atomic E-state index is 11.0. The van der Waals surface area contributed by atoms with Crippen LogP contribution in [0.1, 0.15) is 13.3 Å². The smallest absolute Gasteiger partial charge is 0.449 e. The van der Waals surface area contributed by atoms with Crippen LogP contribution in [0.5, 0.6) is 5.88 Å². The zero-order chi connectivity index (χ0) is 11.3. The molecule has 0 fully saturated rings. The van der Waals surface area contributed by atoms with Crippen LogP contribution in [-0.2, 0) is 4.79 Å². The van der Waals surface area contributed by atoms with Crippen LogP contribution in [-0.4, -0.2) is 22.2 Å². The van der Waals surface area contributed by atoms with Crippen molar-refractivity contribution in [3.63, 3.8) is 0 Å². The van der Waals surface area contributed by atoms with Gasteiger partial charge in [-0.25, -0.2) is 9.78 Å². The molecule has 6 heteroatoms. The van der Waals surface area contributed by atoms with Gasteiger partial charge < -0.3 is 15.2 Å². The van der Waals surface area contributed by atoms with Crippen LogP contribution >= 0.6 is 0 Å². The second-order valence-electron chi connectivity index (χ2n) is 2.65. The van der Waals surface area contributed by atoms with Crippen molar-refractivity contribution in [1.29, 1.82) is 0 Å². The zero-order valence-corrected chi connectivity index (χ0v) is 8.06. The lowest BCUT2D eigenvalue weighted by molar-refractivity contribution is -0.115. The molecule has 1 aromatic heterocycles. The van der Waals surface area contributed by atoms with Gasteiger partial charge in [0.25, 0.3) is 0 Å². The number of carboxylic acid groups (broad SMARTS) is 1. The van der Waals surface area contributed by atoms with E-state index in [4.69, 9.17) is 5.11 Å². The molecule has 0 bridgehead atoms. The summed E-state index contributed by atoms with van der Waals surface area (Å²) in [5, 5.41) is 10.9. The molecule has 0 aromatic carbocycles. The summed E-state index contributed by atoms with van der Waals surface area (Å²) < 4.78 is 4.29. The van der Waals surface area contributed by atoms with Crippen LogP contribution in [0.25, 0.3) is 0 Å². The number of aromatic nitrogens is 1. The van der Waals surface area contributed by atoms with E-state index in [1.54, 1.807) is 6.92 Å². The van der Waals surface area contributed by atoms with Gasteiger partial charge in [-0.15, -0.1) is 0 Å². The molecule has 0 aliphatic rings. The molecular formula is C9H10N2O4. The van der Waals surface area contributed by atoms with Crippen LogP contribution in [0.15, 0.2) is 18.3 Å². The summed E-state index contributed by atoms with van der Waals surface area (Å²) in [6.45, 7) is 1.73. The summed E-state index contributed by atoms with van der Waals surface area (Å²) in [5.41, 5.74) is 0.500. The van der Waals surface area contributed by atoms with Crippen molar-refractivity contribution in [2.45, 2.75) is 13.3 Å². The Morgan fingerprint density at radius 2 is 2.27 bits per heavy atom. The van der Waals surface area contributed by atoms with Crippen molar-refractivity contribution in [2.75, 3.05) is 5.32 Å². The fourth-order valence-electron chi connectivity index (χ4n) is 0.853. The third-order valence-electron chi connectivity index (χ3n) is 1.53. The van der Waals surface area contributed by atoms with Crippen LogP contribution in [0.4, 0.5) is 10.5 Å². The number of hydrogen-bond donors (Lipinski definition) is 2. The van der Waals surface area contributed by atoms with Crippen LogP contribution in [0, 0.1) is 0 Å². The monoisotopic (exact) mass is 210 g/mol. The Hall–Kier alpha value is -2.11. The average molecular weight is 210 g/mol. The van der Waals surface area contributed by atoms with Crippen molar-refractivity contribution in [3.05, 3.63) is 18.3 Å². The Morgan fingerprint density at radius 1 is 1.53 bits per heavy atom. The van der Waals surface area contributed by atoms with Gasteiger partial charge in [0.05, 0.1) is 11.9 Å². The number of amides is 1. The minimum absolute atomic E-state index is 0.0306. The number of ether oxygens (including phenoxy) is 1. The van der Waals surface area contributed by atoms with Crippen LogP contribution in [0.2, 0.25) is 0 Å². The molecule has 0 saturated heterocycles. The summed E-state index contributed by atoms with van der Waals surface area (Å²) in [7, 11) is 0. The number of nitrogens with one attached hydrogen (secondary N) is 1. The summed E-state index contributed by atoms with van der Waals surface area (Å²) in [5.74, 6) is -0.166. The Bertz CT molecular complexity index is 361. The molecular weight excluding hydrogens is 200 g/mol. The van der Waals surface area contributed by atoms with Gasteiger partial charge in [0.1, 0.15) is 0 Å². The van der Waals surface area contributed by atoms with Crippen LogP contribution < -0.4 is 10.1 Å². The van der Waals surface area contributed by atoms with Gasteiger partial charge >= 0.3 is 6.16 Å². The molecule has 0 unspecified atom stereocenters. The average Bonchev–Trinajstić information content (AvgIpc) is 2.20. The molecule has 0 aliphatic carbocycles. The van der Waals surface area contributed by atoms with Crippen molar-refractivity contribution < 1.29 is 19.4 Å². The number of hydrogen-bond acceptors (Lipinski definition) is 4. The highest BCUT2D eigenvalue weighted by molar-refractivity contribution is 5.90. The molecule has 2 N–H and O–H groups in total. The van der Waals surface area contributed by atoms with E-state index in [1.807, 2.05) is 0 Å². The third kappa shape index (κ3) is 3.63. The van der Waals surface area contributed by atoms with E-state index >= 15 is 0 Å². The normalized spacial score (nSPS) is 9.40. The fourth-order valence-corrected chi connectivity index (χ4v) is 0.853. The molecule has 1 heterocycles. The molecule has 15 heavy (non-hydrogen) atoms. The molecule has 0 spiro atoms. The molecule has 0 aliphatic heterocycles. The SMILES string of the molecule is CCC(=O)Nc1ccc(OC(=O)O)nc1. The minimum Gasteiger partial charge on any atom is -0.449 e. The van der Waals surface area contributed by atoms with Gasteiger partial charge in [0.15, 0.2) is 0 Å². The fraction of sp³-hybridized carbons (Fsp3) is 0.222.